The third kappa shape index (κ3) is 2.42. The first-order chi connectivity index (χ1) is 10.7. The fourth-order valence-electron chi connectivity index (χ4n) is 2.94. The zero-order chi connectivity index (χ0) is 15.2. The van der Waals surface area contributed by atoms with E-state index in [0.717, 1.165) is 29.8 Å². The molecule has 0 aliphatic heterocycles. The van der Waals surface area contributed by atoms with Crippen LogP contribution in [-0.4, -0.2) is 16.1 Å². The molecule has 0 unspecified atom stereocenters. The van der Waals surface area contributed by atoms with E-state index >= 15 is 0 Å². The minimum atomic E-state index is -0.435. The monoisotopic (exact) mass is 333 g/mol. The summed E-state index contributed by atoms with van der Waals surface area (Å²) in [5.41, 5.74) is 0.600. The number of carbonyl (C=O) groups excluding carboxylic acids is 1. The molecule has 2 aromatic rings. The predicted molar refractivity (Wildman–Crippen MR) is 87.5 cm³/mol. The predicted octanol–water partition coefficient (Wildman–Crippen LogP) is 4.13. The van der Waals surface area contributed by atoms with Gasteiger partial charge in [0.25, 0.3) is 0 Å². The number of amides is 1. The Bertz CT molecular complexity index is 704. The van der Waals surface area contributed by atoms with Gasteiger partial charge in [-0.25, -0.2) is 0 Å². The Hall–Kier alpha value is -1.46. The van der Waals surface area contributed by atoms with Crippen molar-refractivity contribution < 1.29 is 4.79 Å². The average Bonchev–Trinajstić information content (AvgIpc) is 3.21. The molecule has 2 fully saturated rings. The summed E-state index contributed by atoms with van der Waals surface area (Å²) < 4.78 is 0. The van der Waals surface area contributed by atoms with Gasteiger partial charge >= 0.3 is 0 Å². The lowest BCUT2D eigenvalue weighted by Crippen LogP contribution is -2.45. The van der Waals surface area contributed by atoms with Crippen LogP contribution >= 0.6 is 22.9 Å². The van der Waals surface area contributed by atoms with Gasteiger partial charge in [-0.2, -0.15) is 0 Å². The number of aromatic nitrogens is 2. The molecule has 1 N–H and O–H groups in total. The Balaban J connectivity index is 1.55. The number of halogens is 1. The van der Waals surface area contributed by atoms with Crippen molar-refractivity contribution in [2.24, 2.45) is 0 Å². The molecule has 1 aromatic carbocycles. The summed E-state index contributed by atoms with van der Waals surface area (Å²) in [5.74, 6) is 0.594. The molecule has 0 atom stereocenters. The number of anilines is 1. The molecule has 6 heteroatoms. The molecule has 114 valence electrons. The molecule has 22 heavy (non-hydrogen) atoms. The van der Waals surface area contributed by atoms with Crippen LogP contribution in [0.15, 0.2) is 24.3 Å². The fourth-order valence-corrected chi connectivity index (χ4v) is 3.98. The third-order valence-electron chi connectivity index (χ3n) is 4.63. The third-order valence-corrected chi connectivity index (χ3v) is 5.88. The first-order valence-corrected chi connectivity index (χ1v) is 8.78. The van der Waals surface area contributed by atoms with Gasteiger partial charge in [0.2, 0.25) is 11.0 Å². The number of hydrogen-bond acceptors (Lipinski definition) is 4. The highest BCUT2D eigenvalue weighted by atomic mass is 35.5. The molecule has 1 aromatic heterocycles. The van der Waals surface area contributed by atoms with Gasteiger partial charge in [0.15, 0.2) is 0 Å². The molecule has 2 aliphatic rings. The Kier molecular flexibility index (Phi) is 3.42. The van der Waals surface area contributed by atoms with Gasteiger partial charge in [-0.15, -0.1) is 10.2 Å². The number of hydrogen-bond donors (Lipinski definition) is 1. The van der Waals surface area contributed by atoms with Crippen LogP contribution < -0.4 is 5.32 Å². The van der Waals surface area contributed by atoms with Gasteiger partial charge in [-0.3, -0.25) is 10.1 Å². The largest absolute Gasteiger partial charge is 0.300 e. The van der Waals surface area contributed by atoms with Crippen LogP contribution in [0.25, 0.3) is 0 Å². The van der Waals surface area contributed by atoms with E-state index in [4.69, 9.17) is 11.6 Å². The van der Waals surface area contributed by atoms with Crippen molar-refractivity contribution in [3.63, 3.8) is 0 Å². The van der Waals surface area contributed by atoms with Crippen molar-refractivity contribution in [1.29, 1.82) is 0 Å². The molecule has 2 aliphatic carbocycles. The van der Waals surface area contributed by atoms with E-state index < -0.39 is 5.41 Å². The van der Waals surface area contributed by atoms with Crippen molar-refractivity contribution in [3.05, 3.63) is 39.9 Å². The second kappa shape index (κ2) is 5.32. The normalized spacial score (nSPS) is 19.5. The van der Waals surface area contributed by atoms with Gasteiger partial charge in [0, 0.05) is 10.9 Å². The van der Waals surface area contributed by atoms with E-state index in [1.807, 2.05) is 24.3 Å². The lowest BCUT2D eigenvalue weighted by Gasteiger charge is -2.40. The van der Waals surface area contributed by atoms with Crippen molar-refractivity contribution in [2.75, 3.05) is 5.32 Å². The molecular weight excluding hydrogens is 318 g/mol. The van der Waals surface area contributed by atoms with Crippen LogP contribution in [0.1, 0.15) is 48.6 Å². The van der Waals surface area contributed by atoms with E-state index in [0.29, 0.717) is 16.1 Å². The molecule has 0 radical (unpaired) electrons. The first-order valence-electron chi connectivity index (χ1n) is 7.58. The second-order valence-corrected chi connectivity index (χ2v) is 7.56. The summed E-state index contributed by atoms with van der Waals surface area (Å²) in [6, 6.07) is 7.61. The summed E-state index contributed by atoms with van der Waals surface area (Å²) in [5, 5.41) is 13.6. The number of nitrogens with one attached hydrogen (secondary N) is 1. The fraction of sp³-hybridized carbons (Fsp3) is 0.438. The van der Waals surface area contributed by atoms with Crippen molar-refractivity contribution in [3.8, 4) is 0 Å². The topological polar surface area (TPSA) is 54.9 Å². The van der Waals surface area contributed by atoms with Gasteiger partial charge < -0.3 is 0 Å². The lowest BCUT2D eigenvalue weighted by atomic mass is 9.64. The van der Waals surface area contributed by atoms with Crippen LogP contribution in [0, 0.1) is 0 Å². The van der Waals surface area contributed by atoms with Gasteiger partial charge in [0.05, 0.1) is 5.41 Å². The zero-order valence-corrected chi connectivity index (χ0v) is 13.6. The number of benzene rings is 1. The Morgan fingerprint density at radius 1 is 1.23 bits per heavy atom. The van der Waals surface area contributed by atoms with Crippen molar-refractivity contribution >= 4 is 34.0 Å². The molecule has 4 nitrogen and oxygen atoms in total. The van der Waals surface area contributed by atoms with Crippen LogP contribution in [0.4, 0.5) is 5.13 Å². The number of rotatable bonds is 4. The zero-order valence-electron chi connectivity index (χ0n) is 12.0. The Labute approximate surface area is 137 Å². The standard InChI is InChI=1S/C16H16ClN3OS/c17-12-6-4-11(5-7-12)16(8-1-9-16)14(21)18-15-20-19-13(22-15)10-2-3-10/h4-7,10H,1-3,8-9H2,(H,18,20,21). The van der Waals surface area contributed by atoms with E-state index in [9.17, 15) is 4.79 Å². The minimum Gasteiger partial charge on any atom is -0.300 e. The van der Waals surface area contributed by atoms with E-state index in [-0.39, 0.29) is 5.91 Å². The van der Waals surface area contributed by atoms with E-state index in [1.54, 1.807) is 0 Å². The van der Waals surface area contributed by atoms with Crippen molar-refractivity contribution in [1.82, 2.24) is 10.2 Å². The average molecular weight is 334 g/mol. The maximum Gasteiger partial charge on any atom is 0.236 e. The van der Waals surface area contributed by atoms with E-state index in [2.05, 4.69) is 15.5 Å². The Morgan fingerprint density at radius 3 is 2.55 bits per heavy atom. The van der Waals surface area contributed by atoms with Crippen LogP contribution in [-0.2, 0) is 10.2 Å². The molecule has 4 rings (SSSR count). The molecule has 1 heterocycles. The maximum atomic E-state index is 12.8. The number of nitrogens with zero attached hydrogens (tertiary/aromatic N) is 2. The summed E-state index contributed by atoms with van der Waals surface area (Å²) in [4.78, 5) is 12.8. The molecule has 1 amide bonds. The molecule has 0 saturated heterocycles. The minimum absolute atomic E-state index is 0.0274. The van der Waals surface area contributed by atoms with Crippen LogP contribution in [0.2, 0.25) is 5.02 Å². The summed E-state index contributed by atoms with van der Waals surface area (Å²) >= 11 is 7.46. The highest BCUT2D eigenvalue weighted by molar-refractivity contribution is 7.15. The molecule has 2 saturated carbocycles. The summed E-state index contributed by atoms with van der Waals surface area (Å²) in [6.45, 7) is 0. The van der Waals surface area contributed by atoms with Gasteiger partial charge in [-0.1, -0.05) is 41.5 Å². The molecule has 0 spiro atoms. The van der Waals surface area contributed by atoms with Gasteiger partial charge in [-0.05, 0) is 43.4 Å². The Morgan fingerprint density at radius 2 is 1.95 bits per heavy atom. The SMILES string of the molecule is O=C(Nc1nnc(C2CC2)s1)C1(c2ccc(Cl)cc2)CCC1. The summed E-state index contributed by atoms with van der Waals surface area (Å²) in [6.07, 6.45) is 5.19. The number of carbonyl (C=O) groups is 1. The highest BCUT2D eigenvalue weighted by Crippen LogP contribution is 2.46. The molecular formula is C16H16ClN3OS. The quantitative estimate of drug-likeness (QED) is 0.915. The second-order valence-electron chi connectivity index (χ2n) is 6.12. The maximum absolute atomic E-state index is 12.8. The first kappa shape index (κ1) is 14.2. The van der Waals surface area contributed by atoms with E-state index in [1.165, 1.54) is 24.2 Å². The van der Waals surface area contributed by atoms with Crippen LogP contribution in [0.5, 0.6) is 0 Å². The van der Waals surface area contributed by atoms with Crippen LogP contribution in [0.3, 0.4) is 0 Å². The summed E-state index contributed by atoms with van der Waals surface area (Å²) in [7, 11) is 0. The van der Waals surface area contributed by atoms with Crippen molar-refractivity contribution in [2.45, 2.75) is 43.4 Å². The van der Waals surface area contributed by atoms with Gasteiger partial charge in [0.1, 0.15) is 5.01 Å². The highest BCUT2D eigenvalue weighted by Gasteiger charge is 2.46. The smallest absolute Gasteiger partial charge is 0.236 e. The molecule has 0 bridgehead atoms. The lowest BCUT2D eigenvalue weighted by molar-refractivity contribution is -0.124.